The van der Waals surface area contributed by atoms with E-state index in [-0.39, 0.29) is 0 Å². The highest BCUT2D eigenvalue weighted by atomic mass is 14.9. The Labute approximate surface area is 118 Å². The van der Waals surface area contributed by atoms with Crippen molar-refractivity contribution in [1.82, 2.24) is 4.57 Å². The molecule has 0 aliphatic heterocycles. The molecule has 0 amide bonds. The van der Waals surface area contributed by atoms with Gasteiger partial charge in [-0.05, 0) is 45.5 Å². The van der Waals surface area contributed by atoms with Gasteiger partial charge in [0.2, 0.25) is 0 Å². The lowest BCUT2D eigenvalue weighted by molar-refractivity contribution is 0.969. The SMILES string of the molecule is Cn1ccc2ccc(-c3ccc4ccccc4c3)cc21. The van der Waals surface area contributed by atoms with Crippen molar-refractivity contribution in [3.63, 3.8) is 0 Å². The maximum Gasteiger partial charge on any atom is 0.0483 e. The Morgan fingerprint density at radius 1 is 0.650 bits per heavy atom. The third-order valence-corrected chi connectivity index (χ3v) is 3.97. The fraction of sp³-hybridized carbons (Fsp3) is 0.0526. The van der Waals surface area contributed by atoms with Crippen molar-refractivity contribution in [2.45, 2.75) is 0 Å². The Bertz CT molecular complexity index is 915. The summed E-state index contributed by atoms with van der Waals surface area (Å²) in [6.45, 7) is 0. The summed E-state index contributed by atoms with van der Waals surface area (Å²) < 4.78 is 2.17. The first-order chi connectivity index (χ1) is 9.81. The average molecular weight is 257 g/mol. The van der Waals surface area contributed by atoms with Crippen molar-refractivity contribution in [1.29, 1.82) is 0 Å². The van der Waals surface area contributed by atoms with Crippen LogP contribution in [0.1, 0.15) is 0 Å². The van der Waals surface area contributed by atoms with Crippen LogP contribution in [0.15, 0.2) is 72.9 Å². The molecule has 0 N–H and O–H groups in total. The largest absolute Gasteiger partial charge is 0.351 e. The summed E-state index contributed by atoms with van der Waals surface area (Å²) in [6.07, 6.45) is 2.11. The van der Waals surface area contributed by atoms with Gasteiger partial charge in [-0.15, -0.1) is 0 Å². The summed E-state index contributed by atoms with van der Waals surface area (Å²) in [5.41, 5.74) is 3.81. The monoisotopic (exact) mass is 257 g/mol. The molecule has 0 unspecified atom stereocenters. The molecule has 96 valence electrons. The van der Waals surface area contributed by atoms with Crippen LogP contribution in [-0.2, 0) is 7.05 Å². The van der Waals surface area contributed by atoms with Gasteiger partial charge in [0, 0.05) is 18.8 Å². The van der Waals surface area contributed by atoms with Gasteiger partial charge in [-0.25, -0.2) is 0 Å². The fourth-order valence-corrected chi connectivity index (χ4v) is 2.81. The van der Waals surface area contributed by atoms with Crippen LogP contribution in [0.25, 0.3) is 32.8 Å². The summed E-state index contributed by atoms with van der Waals surface area (Å²) in [4.78, 5) is 0. The molecule has 1 heterocycles. The normalized spacial score (nSPS) is 11.2. The van der Waals surface area contributed by atoms with E-state index in [1.807, 2.05) is 0 Å². The topological polar surface area (TPSA) is 4.93 Å². The van der Waals surface area contributed by atoms with Crippen molar-refractivity contribution in [3.8, 4) is 11.1 Å². The van der Waals surface area contributed by atoms with E-state index in [0.29, 0.717) is 0 Å². The molecular formula is C19H15N. The van der Waals surface area contributed by atoms with Crippen LogP contribution in [0.5, 0.6) is 0 Å². The van der Waals surface area contributed by atoms with Crippen molar-refractivity contribution in [2.75, 3.05) is 0 Å². The van der Waals surface area contributed by atoms with E-state index in [0.717, 1.165) is 0 Å². The zero-order chi connectivity index (χ0) is 13.5. The van der Waals surface area contributed by atoms with Crippen LogP contribution in [0.3, 0.4) is 0 Å². The lowest BCUT2D eigenvalue weighted by atomic mass is 10.0. The Morgan fingerprint density at radius 2 is 1.35 bits per heavy atom. The molecule has 0 aliphatic carbocycles. The number of fused-ring (bicyclic) bond motifs is 2. The molecule has 0 bridgehead atoms. The molecule has 0 atom stereocenters. The first kappa shape index (κ1) is 11.3. The quantitative estimate of drug-likeness (QED) is 0.452. The molecule has 1 heteroatoms. The molecule has 20 heavy (non-hydrogen) atoms. The number of hydrogen-bond acceptors (Lipinski definition) is 0. The molecule has 4 aromatic rings. The second-order valence-electron chi connectivity index (χ2n) is 5.26. The number of aromatic nitrogens is 1. The van der Waals surface area contributed by atoms with Crippen LogP contribution in [-0.4, -0.2) is 4.57 Å². The van der Waals surface area contributed by atoms with Gasteiger partial charge in [-0.1, -0.05) is 48.5 Å². The standard InChI is InChI=1S/C19H15N/c1-20-11-10-15-7-9-18(13-19(15)20)17-8-6-14-4-2-3-5-16(14)12-17/h2-13H,1H3. The van der Waals surface area contributed by atoms with E-state index in [9.17, 15) is 0 Å². The smallest absolute Gasteiger partial charge is 0.0483 e. The maximum atomic E-state index is 2.26. The first-order valence-electron chi connectivity index (χ1n) is 6.85. The summed E-state index contributed by atoms with van der Waals surface area (Å²) in [5, 5.41) is 3.87. The minimum Gasteiger partial charge on any atom is -0.351 e. The predicted octanol–water partition coefficient (Wildman–Crippen LogP) is 5.00. The van der Waals surface area contributed by atoms with E-state index < -0.39 is 0 Å². The van der Waals surface area contributed by atoms with E-state index in [1.165, 1.54) is 32.8 Å². The summed E-state index contributed by atoms with van der Waals surface area (Å²) >= 11 is 0. The Balaban J connectivity index is 1.93. The van der Waals surface area contributed by atoms with Crippen LogP contribution in [0.2, 0.25) is 0 Å². The van der Waals surface area contributed by atoms with Crippen molar-refractivity contribution >= 4 is 21.7 Å². The number of nitrogens with zero attached hydrogens (tertiary/aromatic N) is 1. The number of aryl methyl sites for hydroxylation is 1. The molecule has 0 fully saturated rings. The van der Waals surface area contributed by atoms with Crippen molar-refractivity contribution < 1.29 is 0 Å². The van der Waals surface area contributed by atoms with Gasteiger partial charge in [0.1, 0.15) is 0 Å². The van der Waals surface area contributed by atoms with Crippen molar-refractivity contribution in [2.24, 2.45) is 7.05 Å². The average Bonchev–Trinajstić information content (AvgIpc) is 2.88. The minimum absolute atomic E-state index is 1.27. The highest BCUT2D eigenvalue weighted by molar-refractivity contribution is 5.90. The Morgan fingerprint density at radius 3 is 2.20 bits per heavy atom. The van der Waals surface area contributed by atoms with Gasteiger partial charge >= 0.3 is 0 Å². The van der Waals surface area contributed by atoms with Crippen molar-refractivity contribution in [3.05, 3.63) is 72.9 Å². The Kier molecular flexibility index (Phi) is 2.40. The van der Waals surface area contributed by atoms with Crippen LogP contribution >= 0.6 is 0 Å². The highest BCUT2D eigenvalue weighted by Gasteiger charge is 2.03. The molecule has 0 aliphatic rings. The molecular weight excluding hydrogens is 242 g/mol. The second-order valence-corrected chi connectivity index (χ2v) is 5.26. The second kappa shape index (κ2) is 4.24. The maximum absolute atomic E-state index is 2.26. The molecule has 3 aromatic carbocycles. The van der Waals surface area contributed by atoms with Crippen LogP contribution in [0, 0.1) is 0 Å². The lowest BCUT2D eigenvalue weighted by Crippen LogP contribution is -1.85. The van der Waals surface area contributed by atoms with Gasteiger partial charge in [-0.2, -0.15) is 0 Å². The van der Waals surface area contributed by atoms with E-state index >= 15 is 0 Å². The van der Waals surface area contributed by atoms with Crippen LogP contribution < -0.4 is 0 Å². The molecule has 0 saturated carbocycles. The van der Waals surface area contributed by atoms with Gasteiger partial charge < -0.3 is 4.57 Å². The molecule has 0 spiro atoms. The van der Waals surface area contributed by atoms with E-state index in [2.05, 4.69) is 84.5 Å². The third kappa shape index (κ3) is 1.71. The number of benzene rings is 3. The van der Waals surface area contributed by atoms with Gasteiger partial charge in [0.05, 0.1) is 0 Å². The zero-order valence-electron chi connectivity index (χ0n) is 11.4. The van der Waals surface area contributed by atoms with Gasteiger partial charge in [0.25, 0.3) is 0 Å². The van der Waals surface area contributed by atoms with E-state index in [1.54, 1.807) is 0 Å². The summed E-state index contributed by atoms with van der Waals surface area (Å²) in [7, 11) is 2.09. The molecule has 1 nitrogen and oxygen atoms in total. The molecule has 4 rings (SSSR count). The number of rotatable bonds is 1. The zero-order valence-corrected chi connectivity index (χ0v) is 11.4. The van der Waals surface area contributed by atoms with E-state index in [4.69, 9.17) is 0 Å². The summed E-state index contributed by atoms with van der Waals surface area (Å²) in [6, 6.07) is 24.0. The first-order valence-corrected chi connectivity index (χ1v) is 6.85. The minimum atomic E-state index is 1.27. The highest BCUT2D eigenvalue weighted by Crippen LogP contribution is 2.27. The lowest BCUT2D eigenvalue weighted by Gasteiger charge is -2.05. The molecule has 0 radical (unpaired) electrons. The van der Waals surface area contributed by atoms with Gasteiger partial charge in [0.15, 0.2) is 0 Å². The van der Waals surface area contributed by atoms with Gasteiger partial charge in [-0.3, -0.25) is 0 Å². The molecule has 1 aromatic heterocycles. The fourth-order valence-electron chi connectivity index (χ4n) is 2.81. The third-order valence-electron chi connectivity index (χ3n) is 3.97. The number of hydrogen-bond donors (Lipinski definition) is 0. The molecule has 0 saturated heterocycles. The van der Waals surface area contributed by atoms with Crippen LogP contribution in [0.4, 0.5) is 0 Å². The predicted molar refractivity (Wildman–Crippen MR) is 85.9 cm³/mol. The summed E-state index contributed by atoms with van der Waals surface area (Å²) in [5.74, 6) is 0. The Hall–Kier alpha value is -2.54.